The lowest BCUT2D eigenvalue weighted by molar-refractivity contribution is -0.319. The molecule has 17 nitrogen and oxygen atoms in total. The van der Waals surface area contributed by atoms with E-state index in [4.69, 9.17) is 37.9 Å². The van der Waals surface area contributed by atoms with E-state index in [0.29, 0.717) is 25.9 Å². The van der Waals surface area contributed by atoms with Crippen LogP contribution in [-0.4, -0.2) is 170 Å². The van der Waals surface area contributed by atoms with Gasteiger partial charge in [-0.2, -0.15) is 0 Å². The molecular formula is C42H72N2O15. The molecule has 0 bridgehead atoms. The number of likely N-dealkylation sites (N-methyl/N-ethyl adjacent to an activating group) is 2. The monoisotopic (exact) mass is 844 g/mol. The summed E-state index contributed by atoms with van der Waals surface area (Å²) < 4.78 is 49.0. The van der Waals surface area contributed by atoms with Crippen LogP contribution in [0.2, 0.25) is 0 Å². The summed E-state index contributed by atoms with van der Waals surface area (Å²) in [6, 6.07) is -0.775. The summed E-state index contributed by atoms with van der Waals surface area (Å²) in [5.41, 5.74) is -1.31. The van der Waals surface area contributed by atoms with Crippen LogP contribution in [-0.2, 0) is 61.9 Å². The van der Waals surface area contributed by atoms with Gasteiger partial charge in [0.2, 0.25) is 0 Å². The lowest BCUT2D eigenvalue weighted by Crippen LogP contribution is -2.67. The predicted octanol–water partition coefficient (Wildman–Crippen LogP) is 2.43. The lowest BCUT2D eigenvalue weighted by Gasteiger charge is -2.53. The number of β-amino-alcohol motifs (C(OH)–C–C–N with tert-alkyl or cyclic N) is 1. The van der Waals surface area contributed by atoms with Crippen LogP contribution in [0.1, 0.15) is 100 Å². The Kier molecular flexibility index (Phi) is 19.6. The highest BCUT2D eigenvalue weighted by atomic mass is 16.7. The number of nitrogens with zero attached hydrogens (tertiary/aromatic N) is 2. The first-order chi connectivity index (χ1) is 27.7. The standard InChI is InChI=1S/C42H72N2O15/c1-13-31(48)56-30-20-33(50)53-24(4)15-17-44(11)22-29(47)23(3)19-28(16-18-45)35(39(30)52-12)40-37(51)36(43(9)10)38(25(5)55-40)58-34-21-42(8,59-27(7)46)41(26(6)54-34)57-32(49)14-2/h18,23-26,28-30,34-41,47,51H,13-17,19-22H2,1-12H3/t23-,24-,25-,26+,28+,29+,30-,34-,35+,36-,37-,38-,39-,40+,41+,42-/m1/s1. The number of cyclic esters (lactones) is 1. The topological polar surface area (TPSA) is 206 Å². The highest BCUT2D eigenvalue weighted by Crippen LogP contribution is 2.42. The van der Waals surface area contributed by atoms with Crippen molar-refractivity contribution in [2.24, 2.45) is 17.8 Å². The van der Waals surface area contributed by atoms with Crippen molar-refractivity contribution in [1.29, 1.82) is 0 Å². The summed E-state index contributed by atoms with van der Waals surface area (Å²) in [5, 5.41) is 24.0. The number of aliphatic hydroxyl groups is 2. The van der Waals surface area contributed by atoms with E-state index < -0.39 is 115 Å². The molecule has 0 aliphatic carbocycles. The van der Waals surface area contributed by atoms with Crippen molar-refractivity contribution in [3.05, 3.63) is 0 Å². The Morgan fingerprint density at radius 2 is 1.64 bits per heavy atom. The van der Waals surface area contributed by atoms with Crippen molar-refractivity contribution >= 4 is 30.2 Å². The summed E-state index contributed by atoms with van der Waals surface area (Å²) >= 11 is 0. The highest BCUT2D eigenvalue weighted by molar-refractivity contribution is 5.73. The number of aliphatic hydroxyl groups excluding tert-OH is 2. The van der Waals surface area contributed by atoms with Gasteiger partial charge in [0.05, 0.1) is 43.0 Å². The Bertz CT molecular complexity index is 1380. The van der Waals surface area contributed by atoms with E-state index in [1.54, 1.807) is 60.5 Å². The summed E-state index contributed by atoms with van der Waals surface area (Å²) in [5.74, 6) is -4.07. The van der Waals surface area contributed by atoms with E-state index in [9.17, 15) is 34.2 Å². The molecular weight excluding hydrogens is 772 g/mol. The fourth-order valence-corrected chi connectivity index (χ4v) is 9.03. The molecule has 59 heavy (non-hydrogen) atoms. The average molecular weight is 845 g/mol. The highest BCUT2D eigenvalue weighted by Gasteiger charge is 2.56. The molecule has 3 saturated heterocycles. The second-order valence-corrected chi connectivity index (χ2v) is 17.2. The Hall–Kier alpha value is -2.77. The predicted molar refractivity (Wildman–Crippen MR) is 213 cm³/mol. The summed E-state index contributed by atoms with van der Waals surface area (Å²) in [4.78, 5) is 67.5. The van der Waals surface area contributed by atoms with E-state index in [2.05, 4.69) is 0 Å². The molecule has 0 amide bonds. The summed E-state index contributed by atoms with van der Waals surface area (Å²) in [6.45, 7) is 14.2. The van der Waals surface area contributed by atoms with Gasteiger partial charge in [0.25, 0.3) is 0 Å². The van der Waals surface area contributed by atoms with Crippen LogP contribution in [0.3, 0.4) is 0 Å². The van der Waals surface area contributed by atoms with Gasteiger partial charge >= 0.3 is 23.9 Å². The maximum absolute atomic E-state index is 13.5. The first kappa shape index (κ1) is 50.6. The van der Waals surface area contributed by atoms with Crippen LogP contribution >= 0.6 is 0 Å². The van der Waals surface area contributed by atoms with E-state index in [0.717, 1.165) is 6.29 Å². The van der Waals surface area contributed by atoms with Crippen LogP contribution in [0.25, 0.3) is 0 Å². The average Bonchev–Trinajstić information content (AvgIpc) is 3.14. The molecule has 3 aliphatic rings. The van der Waals surface area contributed by atoms with Gasteiger partial charge in [0, 0.05) is 58.7 Å². The van der Waals surface area contributed by atoms with Crippen molar-refractivity contribution in [2.45, 2.75) is 179 Å². The summed E-state index contributed by atoms with van der Waals surface area (Å²) in [6.07, 6.45) is -8.92. The van der Waals surface area contributed by atoms with Gasteiger partial charge in [-0.05, 0) is 73.5 Å². The molecule has 3 heterocycles. The minimum Gasteiger partial charge on any atom is -0.463 e. The smallest absolute Gasteiger partial charge is 0.309 e. The molecule has 16 atom stereocenters. The Balaban J connectivity index is 2.12. The minimum absolute atomic E-state index is 0.00808. The third-order valence-electron chi connectivity index (χ3n) is 12.0. The van der Waals surface area contributed by atoms with Crippen LogP contribution < -0.4 is 0 Å². The summed E-state index contributed by atoms with van der Waals surface area (Å²) in [7, 11) is 6.84. The van der Waals surface area contributed by atoms with Gasteiger partial charge in [-0.25, -0.2) is 0 Å². The molecule has 340 valence electrons. The molecule has 17 heteroatoms. The second kappa shape index (κ2) is 22.9. The first-order valence-corrected chi connectivity index (χ1v) is 21.1. The van der Waals surface area contributed by atoms with E-state index in [1.165, 1.54) is 14.0 Å². The molecule has 0 spiro atoms. The quantitative estimate of drug-likeness (QED) is 0.164. The number of aldehydes is 1. The van der Waals surface area contributed by atoms with Gasteiger partial charge in [-0.15, -0.1) is 0 Å². The molecule has 3 fully saturated rings. The molecule has 3 rings (SSSR count). The third-order valence-corrected chi connectivity index (χ3v) is 12.0. The number of methoxy groups -OCH3 is 1. The number of hydrogen-bond acceptors (Lipinski definition) is 17. The first-order valence-electron chi connectivity index (χ1n) is 21.1. The SMILES string of the molecule is CCC(=O)O[C@@H]1CC(=O)O[C@H](C)CCN(C)C[C@H](O)[C@H](C)C[C@H](CC=O)[C@H]([C@@H]2O[C@H](C)[C@@H](O[C@@H]3C[C@@](C)(OC(C)=O)[C@@H](OC(=O)CC)[C@H](C)O3)[C@H](N(C)C)[C@H]2O)[C@@H]1OC. The number of hydrogen-bond donors (Lipinski definition) is 2. The molecule has 0 aromatic rings. The number of carbonyl (C=O) groups is 5. The number of rotatable bonds is 12. The van der Waals surface area contributed by atoms with E-state index >= 15 is 0 Å². The van der Waals surface area contributed by atoms with E-state index in [-0.39, 0.29) is 38.0 Å². The van der Waals surface area contributed by atoms with Crippen molar-refractivity contribution in [3.8, 4) is 0 Å². The van der Waals surface area contributed by atoms with Gasteiger partial charge in [-0.1, -0.05) is 20.8 Å². The lowest BCUT2D eigenvalue weighted by atomic mass is 9.71. The van der Waals surface area contributed by atoms with Crippen molar-refractivity contribution in [1.82, 2.24) is 9.80 Å². The minimum atomic E-state index is -1.33. The van der Waals surface area contributed by atoms with Crippen LogP contribution in [0.4, 0.5) is 0 Å². The normalized spacial score (nSPS) is 39.6. The molecule has 0 radical (unpaired) electrons. The van der Waals surface area contributed by atoms with Gasteiger partial charge < -0.3 is 62.7 Å². The molecule has 2 N–H and O–H groups in total. The molecule has 0 unspecified atom stereocenters. The van der Waals surface area contributed by atoms with Crippen LogP contribution in [0.5, 0.6) is 0 Å². The van der Waals surface area contributed by atoms with Gasteiger partial charge in [0.1, 0.15) is 30.7 Å². The maximum atomic E-state index is 13.5. The van der Waals surface area contributed by atoms with Gasteiger partial charge in [0.15, 0.2) is 18.0 Å². The second-order valence-electron chi connectivity index (χ2n) is 17.2. The Morgan fingerprint density at radius 1 is 1.00 bits per heavy atom. The molecule has 0 saturated carbocycles. The van der Waals surface area contributed by atoms with Crippen molar-refractivity contribution in [3.63, 3.8) is 0 Å². The fourth-order valence-electron chi connectivity index (χ4n) is 9.03. The number of esters is 4. The Morgan fingerprint density at radius 3 is 2.22 bits per heavy atom. The van der Waals surface area contributed by atoms with Crippen LogP contribution in [0.15, 0.2) is 0 Å². The number of ether oxygens (including phenoxy) is 8. The zero-order chi connectivity index (χ0) is 44.4. The zero-order valence-corrected chi connectivity index (χ0v) is 37.2. The molecule has 3 aliphatic heterocycles. The van der Waals surface area contributed by atoms with Crippen molar-refractivity contribution < 1.29 is 72.1 Å². The zero-order valence-electron chi connectivity index (χ0n) is 37.2. The maximum Gasteiger partial charge on any atom is 0.309 e. The van der Waals surface area contributed by atoms with E-state index in [1.807, 2.05) is 18.9 Å². The fraction of sp³-hybridized carbons (Fsp3) is 0.881. The largest absolute Gasteiger partial charge is 0.463 e. The van der Waals surface area contributed by atoms with Crippen molar-refractivity contribution in [2.75, 3.05) is 41.3 Å². The molecule has 0 aromatic heterocycles. The van der Waals surface area contributed by atoms with Gasteiger partial charge in [-0.3, -0.25) is 19.2 Å². The molecule has 0 aromatic carbocycles. The van der Waals surface area contributed by atoms with Crippen LogP contribution in [0, 0.1) is 17.8 Å². The Labute approximate surface area is 350 Å². The number of carbonyl (C=O) groups excluding carboxylic acids is 5. The third kappa shape index (κ3) is 13.6.